The van der Waals surface area contributed by atoms with Crippen molar-refractivity contribution in [3.63, 3.8) is 0 Å². The molecule has 7 N–H and O–H groups in total. The fourth-order valence-electron chi connectivity index (χ4n) is 5.26. The second-order valence-corrected chi connectivity index (χ2v) is 10.3. The first-order chi connectivity index (χ1) is 19.7. The van der Waals surface area contributed by atoms with Gasteiger partial charge in [0.25, 0.3) is 0 Å². The van der Waals surface area contributed by atoms with E-state index in [1.165, 1.54) is 0 Å². The molecule has 2 aromatic carbocycles. The van der Waals surface area contributed by atoms with E-state index in [4.69, 9.17) is 18.6 Å². The Kier molecular flexibility index (Phi) is 8.99. The van der Waals surface area contributed by atoms with Crippen LogP contribution in [0.25, 0.3) is 22.6 Å². The standard InChI is InChI=1S/C28H34N2O11/c1-13-29-30-27(38-13)16-4-2-14(3-5-16)15-6-8-17(9-7-15)39-28-23(34)18(22(33)20(11-31)41-28)10-19-24(35)26(37)25(36)21(12-32)40-19/h2-9,18-26,28,31-37H,10-12H2,1H3. The lowest BCUT2D eigenvalue weighted by Gasteiger charge is -2.46. The van der Waals surface area contributed by atoms with Crippen LogP contribution in [0.4, 0.5) is 0 Å². The molecule has 1 aromatic heterocycles. The molecule has 10 unspecified atom stereocenters. The number of aromatic nitrogens is 2. The molecule has 0 bridgehead atoms. The van der Waals surface area contributed by atoms with Gasteiger partial charge in [0, 0.05) is 18.4 Å². The number of benzene rings is 2. The molecule has 41 heavy (non-hydrogen) atoms. The van der Waals surface area contributed by atoms with Gasteiger partial charge in [-0.15, -0.1) is 10.2 Å². The first-order valence-corrected chi connectivity index (χ1v) is 13.3. The van der Waals surface area contributed by atoms with E-state index in [2.05, 4.69) is 10.2 Å². The summed E-state index contributed by atoms with van der Waals surface area (Å²) >= 11 is 0. The van der Waals surface area contributed by atoms with Crippen LogP contribution in [0.1, 0.15) is 12.3 Å². The third-order valence-electron chi connectivity index (χ3n) is 7.62. The summed E-state index contributed by atoms with van der Waals surface area (Å²) in [7, 11) is 0. The van der Waals surface area contributed by atoms with Gasteiger partial charge in [0.1, 0.15) is 42.4 Å². The van der Waals surface area contributed by atoms with Crippen molar-refractivity contribution in [2.24, 2.45) is 5.92 Å². The molecule has 13 nitrogen and oxygen atoms in total. The molecule has 3 heterocycles. The van der Waals surface area contributed by atoms with Crippen LogP contribution in [-0.2, 0) is 9.47 Å². The van der Waals surface area contributed by atoms with Gasteiger partial charge in [-0.1, -0.05) is 24.3 Å². The summed E-state index contributed by atoms with van der Waals surface area (Å²) < 4.78 is 22.5. The molecule has 10 atom stereocenters. The minimum absolute atomic E-state index is 0.179. The molecule has 5 rings (SSSR count). The summed E-state index contributed by atoms with van der Waals surface area (Å²) in [6.45, 7) is 0.541. The number of rotatable bonds is 8. The lowest BCUT2D eigenvalue weighted by molar-refractivity contribution is -0.278. The summed E-state index contributed by atoms with van der Waals surface area (Å²) in [4.78, 5) is 0. The highest BCUT2D eigenvalue weighted by molar-refractivity contribution is 5.67. The fourth-order valence-corrected chi connectivity index (χ4v) is 5.26. The Morgan fingerprint density at radius 3 is 1.80 bits per heavy atom. The van der Waals surface area contributed by atoms with Gasteiger partial charge >= 0.3 is 0 Å². The number of aryl methyl sites for hydroxylation is 1. The summed E-state index contributed by atoms with van der Waals surface area (Å²) in [5.74, 6) is 0.259. The van der Waals surface area contributed by atoms with Crippen LogP contribution in [0, 0.1) is 12.8 Å². The maximum atomic E-state index is 11.1. The van der Waals surface area contributed by atoms with E-state index in [0.29, 0.717) is 17.5 Å². The maximum absolute atomic E-state index is 11.1. The summed E-state index contributed by atoms with van der Waals surface area (Å²) in [6, 6.07) is 14.6. The Labute approximate surface area is 235 Å². The van der Waals surface area contributed by atoms with Crippen molar-refractivity contribution in [3.8, 4) is 28.3 Å². The number of ether oxygens (including phenoxy) is 3. The lowest BCUT2D eigenvalue weighted by atomic mass is 9.81. The van der Waals surface area contributed by atoms with Crippen LogP contribution < -0.4 is 4.74 Å². The minimum atomic E-state index is -1.60. The Balaban J connectivity index is 1.27. The third-order valence-corrected chi connectivity index (χ3v) is 7.62. The van der Waals surface area contributed by atoms with Crippen molar-refractivity contribution in [1.29, 1.82) is 0 Å². The monoisotopic (exact) mass is 574 g/mol. The van der Waals surface area contributed by atoms with Crippen molar-refractivity contribution in [1.82, 2.24) is 10.2 Å². The van der Waals surface area contributed by atoms with E-state index >= 15 is 0 Å². The summed E-state index contributed by atoms with van der Waals surface area (Å²) in [5.41, 5.74) is 2.60. The molecule has 0 saturated carbocycles. The van der Waals surface area contributed by atoms with E-state index in [1.807, 2.05) is 36.4 Å². The normalized spacial score (nSPS) is 34.0. The molecular weight excluding hydrogens is 540 g/mol. The van der Waals surface area contributed by atoms with E-state index in [-0.39, 0.29) is 6.42 Å². The Morgan fingerprint density at radius 1 is 0.659 bits per heavy atom. The second-order valence-electron chi connectivity index (χ2n) is 10.3. The topological polar surface area (TPSA) is 208 Å². The smallest absolute Gasteiger partial charge is 0.247 e. The zero-order valence-electron chi connectivity index (χ0n) is 22.2. The number of aliphatic hydroxyl groups is 7. The Morgan fingerprint density at radius 2 is 1.22 bits per heavy atom. The van der Waals surface area contributed by atoms with Crippen LogP contribution >= 0.6 is 0 Å². The van der Waals surface area contributed by atoms with Gasteiger partial charge < -0.3 is 54.4 Å². The predicted molar refractivity (Wildman–Crippen MR) is 140 cm³/mol. The molecule has 222 valence electrons. The molecule has 3 aromatic rings. The molecular formula is C28H34N2O11. The minimum Gasteiger partial charge on any atom is -0.462 e. The van der Waals surface area contributed by atoms with E-state index < -0.39 is 74.3 Å². The van der Waals surface area contributed by atoms with Crippen LogP contribution in [0.5, 0.6) is 5.75 Å². The molecule has 13 heteroatoms. The second kappa shape index (κ2) is 12.5. The largest absolute Gasteiger partial charge is 0.462 e. The number of hydrogen-bond donors (Lipinski definition) is 7. The van der Waals surface area contributed by atoms with Crippen molar-refractivity contribution in [2.45, 2.75) is 68.5 Å². The molecule has 0 aliphatic carbocycles. The van der Waals surface area contributed by atoms with Gasteiger partial charge in [0.2, 0.25) is 18.1 Å². The number of hydrogen-bond acceptors (Lipinski definition) is 13. The van der Waals surface area contributed by atoms with Crippen molar-refractivity contribution in [2.75, 3.05) is 13.2 Å². The van der Waals surface area contributed by atoms with Gasteiger partial charge in [-0.2, -0.15) is 0 Å². The highest BCUT2D eigenvalue weighted by Gasteiger charge is 2.50. The van der Waals surface area contributed by atoms with Crippen molar-refractivity contribution >= 4 is 0 Å². The van der Waals surface area contributed by atoms with Crippen LogP contribution in [0.15, 0.2) is 52.9 Å². The highest BCUT2D eigenvalue weighted by atomic mass is 16.7. The Bertz CT molecular complexity index is 1270. The van der Waals surface area contributed by atoms with Crippen LogP contribution in [0.3, 0.4) is 0 Å². The molecule has 0 amide bonds. The number of aliphatic hydroxyl groups excluding tert-OH is 7. The first kappa shape index (κ1) is 29.5. The Hall–Kier alpha value is -2.98. The van der Waals surface area contributed by atoms with E-state index in [9.17, 15) is 35.7 Å². The SMILES string of the molecule is Cc1nnc(-c2ccc(-c3ccc(OC4OC(CO)C(O)C(CC5OC(CO)C(O)C(O)C5O)C4O)cc3)cc2)o1. The molecule has 0 radical (unpaired) electrons. The third kappa shape index (κ3) is 6.14. The predicted octanol–water partition coefficient (Wildman–Crippen LogP) is -0.621. The molecule has 0 spiro atoms. The quantitative estimate of drug-likeness (QED) is 0.179. The lowest BCUT2D eigenvalue weighted by Crippen LogP contribution is -2.62. The van der Waals surface area contributed by atoms with Gasteiger partial charge in [0.15, 0.2) is 0 Å². The van der Waals surface area contributed by atoms with Gasteiger partial charge in [-0.3, -0.25) is 0 Å². The maximum Gasteiger partial charge on any atom is 0.247 e. The fraction of sp³-hybridized carbons (Fsp3) is 0.500. The molecule has 2 fully saturated rings. The van der Waals surface area contributed by atoms with Gasteiger partial charge in [-0.05, 0) is 41.8 Å². The number of nitrogens with zero attached hydrogens (tertiary/aromatic N) is 2. The zero-order chi connectivity index (χ0) is 29.3. The average molecular weight is 575 g/mol. The van der Waals surface area contributed by atoms with Crippen LogP contribution in [-0.4, -0.2) is 114 Å². The van der Waals surface area contributed by atoms with E-state index in [0.717, 1.165) is 16.7 Å². The van der Waals surface area contributed by atoms with Gasteiger partial charge in [-0.25, -0.2) is 0 Å². The molecule has 2 aliphatic rings. The van der Waals surface area contributed by atoms with Crippen molar-refractivity contribution in [3.05, 3.63) is 54.4 Å². The highest BCUT2D eigenvalue weighted by Crippen LogP contribution is 2.35. The molecule has 2 saturated heterocycles. The van der Waals surface area contributed by atoms with Crippen LogP contribution in [0.2, 0.25) is 0 Å². The summed E-state index contributed by atoms with van der Waals surface area (Å²) in [6.07, 6.45) is -12.3. The zero-order valence-corrected chi connectivity index (χ0v) is 22.2. The van der Waals surface area contributed by atoms with Crippen molar-refractivity contribution < 1.29 is 54.4 Å². The van der Waals surface area contributed by atoms with E-state index in [1.54, 1.807) is 19.1 Å². The summed E-state index contributed by atoms with van der Waals surface area (Å²) in [5, 5.41) is 79.6. The average Bonchev–Trinajstić information content (AvgIpc) is 3.43. The first-order valence-electron chi connectivity index (χ1n) is 13.3. The van der Waals surface area contributed by atoms with Gasteiger partial charge in [0.05, 0.1) is 25.4 Å². The molecule has 2 aliphatic heterocycles.